The fourth-order valence-corrected chi connectivity index (χ4v) is 2.53. The molecule has 144 valence electrons. The third kappa shape index (κ3) is 5.47. The lowest BCUT2D eigenvalue weighted by atomic mass is 10.1. The molecule has 2 aromatic rings. The number of carbonyl (C=O) groups is 2. The Labute approximate surface area is 154 Å². The number of halogens is 3. The van der Waals surface area contributed by atoms with E-state index in [1.165, 1.54) is 25.3 Å². The van der Waals surface area contributed by atoms with Gasteiger partial charge in [-0.3, -0.25) is 9.59 Å². The third-order valence-electron chi connectivity index (χ3n) is 3.80. The van der Waals surface area contributed by atoms with Gasteiger partial charge in [-0.2, -0.15) is 13.2 Å². The van der Waals surface area contributed by atoms with Crippen LogP contribution in [-0.4, -0.2) is 25.5 Å². The third-order valence-corrected chi connectivity index (χ3v) is 3.80. The highest BCUT2D eigenvalue weighted by atomic mass is 19.4. The van der Waals surface area contributed by atoms with Gasteiger partial charge in [0.05, 0.1) is 18.4 Å². The van der Waals surface area contributed by atoms with E-state index in [9.17, 15) is 22.8 Å². The molecule has 0 atom stereocenters. The van der Waals surface area contributed by atoms with Gasteiger partial charge in [0.15, 0.2) is 0 Å². The minimum atomic E-state index is -4.60. The van der Waals surface area contributed by atoms with Gasteiger partial charge in [-0.1, -0.05) is 18.2 Å². The first-order valence-corrected chi connectivity index (χ1v) is 8.10. The van der Waals surface area contributed by atoms with Crippen molar-refractivity contribution in [2.45, 2.75) is 19.5 Å². The highest BCUT2D eigenvalue weighted by Gasteiger charge is 2.35. The van der Waals surface area contributed by atoms with Crippen LogP contribution in [0.25, 0.3) is 0 Å². The Bertz CT molecular complexity index is 822. The molecule has 0 bridgehead atoms. The Morgan fingerprint density at radius 2 is 1.81 bits per heavy atom. The summed E-state index contributed by atoms with van der Waals surface area (Å²) in [5, 5.41) is 2.63. The number of nitrogens with zero attached hydrogens (tertiary/aromatic N) is 1. The number of hydrogen-bond donors (Lipinski definition) is 1. The van der Waals surface area contributed by atoms with E-state index in [0.29, 0.717) is 11.4 Å². The van der Waals surface area contributed by atoms with Gasteiger partial charge in [0, 0.05) is 31.6 Å². The summed E-state index contributed by atoms with van der Waals surface area (Å²) in [5.74, 6) is -0.461. The van der Waals surface area contributed by atoms with Crippen molar-refractivity contribution in [3.05, 3.63) is 54.1 Å². The number of amides is 2. The molecular formula is C19H19F3N2O3. The first-order valence-electron chi connectivity index (χ1n) is 8.10. The molecule has 0 fully saturated rings. The van der Waals surface area contributed by atoms with Gasteiger partial charge in [0.25, 0.3) is 0 Å². The van der Waals surface area contributed by atoms with Crippen LogP contribution >= 0.6 is 0 Å². The van der Waals surface area contributed by atoms with Crippen LogP contribution in [0.3, 0.4) is 0 Å². The van der Waals surface area contributed by atoms with Crippen molar-refractivity contribution in [1.82, 2.24) is 0 Å². The zero-order valence-corrected chi connectivity index (χ0v) is 14.8. The number of para-hydroxylation sites is 1. The molecule has 8 heteroatoms. The molecule has 0 aliphatic heterocycles. The minimum Gasteiger partial charge on any atom is -0.497 e. The normalized spacial score (nSPS) is 11.0. The summed E-state index contributed by atoms with van der Waals surface area (Å²) < 4.78 is 44.7. The number of nitrogens with one attached hydrogen (secondary N) is 1. The molecule has 2 rings (SSSR count). The Morgan fingerprint density at radius 1 is 1.11 bits per heavy atom. The maximum Gasteiger partial charge on any atom is 0.418 e. The summed E-state index contributed by atoms with van der Waals surface area (Å²) in [6, 6.07) is 11.4. The van der Waals surface area contributed by atoms with Crippen LogP contribution in [0, 0.1) is 0 Å². The van der Waals surface area contributed by atoms with E-state index < -0.39 is 23.6 Å². The molecule has 0 saturated heterocycles. The van der Waals surface area contributed by atoms with Crippen molar-refractivity contribution in [1.29, 1.82) is 0 Å². The van der Waals surface area contributed by atoms with E-state index in [1.54, 1.807) is 24.3 Å². The average molecular weight is 380 g/mol. The van der Waals surface area contributed by atoms with E-state index in [1.807, 2.05) is 0 Å². The van der Waals surface area contributed by atoms with Gasteiger partial charge in [0.2, 0.25) is 11.8 Å². The van der Waals surface area contributed by atoms with Gasteiger partial charge >= 0.3 is 6.18 Å². The number of carbonyl (C=O) groups excluding carboxylic acids is 2. The maximum absolute atomic E-state index is 13.2. The predicted molar refractivity (Wildman–Crippen MR) is 95.7 cm³/mol. The van der Waals surface area contributed by atoms with Crippen LogP contribution in [0.2, 0.25) is 0 Å². The van der Waals surface area contributed by atoms with E-state index >= 15 is 0 Å². The zero-order valence-electron chi connectivity index (χ0n) is 14.8. The molecule has 1 N–H and O–H groups in total. The van der Waals surface area contributed by atoms with Crippen LogP contribution in [0.15, 0.2) is 48.5 Å². The molecule has 0 radical (unpaired) electrons. The Hall–Kier alpha value is -3.03. The van der Waals surface area contributed by atoms with E-state index in [4.69, 9.17) is 4.74 Å². The predicted octanol–water partition coefficient (Wildman–Crippen LogP) is 4.10. The molecule has 0 aliphatic rings. The summed E-state index contributed by atoms with van der Waals surface area (Å²) >= 11 is 0. The number of rotatable bonds is 6. The van der Waals surface area contributed by atoms with E-state index in [-0.39, 0.29) is 18.7 Å². The zero-order chi connectivity index (χ0) is 20.0. The molecule has 5 nitrogen and oxygen atoms in total. The van der Waals surface area contributed by atoms with Crippen LogP contribution in [0.4, 0.5) is 24.5 Å². The van der Waals surface area contributed by atoms with Gasteiger partial charge in [-0.25, -0.2) is 0 Å². The maximum atomic E-state index is 13.2. The Balaban J connectivity index is 2.11. The minimum absolute atomic E-state index is 0.164. The van der Waals surface area contributed by atoms with Crippen LogP contribution < -0.4 is 15.0 Å². The van der Waals surface area contributed by atoms with Gasteiger partial charge in [-0.15, -0.1) is 0 Å². The standard InChI is InChI=1S/C19H19F3N2O3/c1-13(25)24(17-9-4-3-8-16(17)19(20,21)22)11-10-18(26)23-14-6-5-7-15(12-14)27-2/h3-9,12H,10-11H2,1-2H3,(H,23,26). The Kier molecular flexibility index (Phi) is 6.44. The van der Waals surface area contributed by atoms with Crippen molar-refractivity contribution >= 4 is 23.2 Å². The van der Waals surface area contributed by atoms with Crippen molar-refractivity contribution in [2.75, 3.05) is 23.9 Å². The summed E-state index contributed by atoms with van der Waals surface area (Å²) in [6.45, 7) is 0.978. The van der Waals surface area contributed by atoms with Crippen molar-refractivity contribution in [2.24, 2.45) is 0 Å². The highest BCUT2D eigenvalue weighted by Crippen LogP contribution is 2.36. The quantitative estimate of drug-likeness (QED) is 0.821. The monoisotopic (exact) mass is 380 g/mol. The van der Waals surface area contributed by atoms with Crippen LogP contribution in [-0.2, 0) is 15.8 Å². The fraction of sp³-hybridized carbons (Fsp3) is 0.263. The molecule has 27 heavy (non-hydrogen) atoms. The summed E-state index contributed by atoms with van der Waals surface area (Å²) in [7, 11) is 1.49. The second kappa shape index (κ2) is 8.57. The molecule has 0 heterocycles. The fourth-order valence-electron chi connectivity index (χ4n) is 2.53. The lowest BCUT2D eigenvalue weighted by Crippen LogP contribution is -2.33. The van der Waals surface area contributed by atoms with Crippen LogP contribution in [0.1, 0.15) is 18.9 Å². The number of hydrogen-bond acceptors (Lipinski definition) is 3. The lowest BCUT2D eigenvalue weighted by Gasteiger charge is -2.24. The largest absolute Gasteiger partial charge is 0.497 e. The second-order valence-corrected chi connectivity index (χ2v) is 5.72. The smallest absolute Gasteiger partial charge is 0.418 e. The number of alkyl halides is 3. The molecule has 0 saturated carbocycles. The Morgan fingerprint density at radius 3 is 2.44 bits per heavy atom. The SMILES string of the molecule is COc1cccc(NC(=O)CCN(C(C)=O)c2ccccc2C(F)(F)F)c1. The molecule has 2 aromatic carbocycles. The van der Waals surface area contributed by atoms with E-state index in [2.05, 4.69) is 5.32 Å². The first-order chi connectivity index (χ1) is 12.7. The molecule has 0 aliphatic carbocycles. The molecule has 0 spiro atoms. The summed E-state index contributed by atoms with van der Waals surface area (Å²) in [4.78, 5) is 25.0. The molecule has 0 unspecified atom stereocenters. The van der Waals surface area contributed by atoms with Crippen LogP contribution in [0.5, 0.6) is 5.75 Å². The van der Waals surface area contributed by atoms with Crippen molar-refractivity contribution < 1.29 is 27.5 Å². The van der Waals surface area contributed by atoms with E-state index in [0.717, 1.165) is 17.9 Å². The number of methoxy groups -OCH3 is 1. The molecule has 0 aromatic heterocycles. The highest BCUT2D eigenvalue weighted by molar-refractivity contribution is 5.95. The summed E-state index contributed by atoms with van der Waals surface area (Å²) in [5.41, 5.74) is -0.704. The first kappa shape index (κ1) is 20.3. The van der Waals surface area contributed by atoms with Crippen molar-refractivity contribution in [3.8, 4) is 5.75 Å². The number of anilines is 2. The molecule has 2 amide bonds. The number of ether oxygens (including phenoxy) is 1. The second-order valence-electron chi connectivity index (χ2n) is 5.72. The topological polar surface area (TPSA) is 58.6 Å². The average Bonchev–Trinajstić information content (AvgIpc) is 2.61. The van der Waals surface area contributed by atoms with Crippen molar-refractivity contribution in [3.63, 3.8) is 0 Å². The summed E-state index contributed by atoms with van der Waals surface area (Å²) in [6.07, 6.45) is -4.77. The molecular weight excluding hydrogens is 361 g/mol. The van der Waals surface area contributed by atoms with Gasteiger partial charge < -0.3 is 15.0 Å². The lowest BCUT2D eigenvalue weighted by molar-refractivity contribution is -0.137. The van der Waals surface area contributed by atoms with Gasteiger partial charge in [-0.05, 0) is 24.3 Å². The van der Waals surface area contributed by atoms with Gasteiger partial charge in [0.1, 0.15) is 5.75 Å². The number of benzene rings is 2.